The van der Waals surface area contributed by atoms with Crippen molar-refractivity contribution >= 4 is 16.7 Å². The Morgan fingerprint density at radius 2 is 1.85 bits per heavy atom. The first-order valence-electron chi connectivity index (χ1n) is 8.04. The summed E-state index contributed by atoms with van der Waals surface area (Å²) < 4.78 is 44.1. The predicted molar refractivity (Wildman–Crippen MR) is 94.3 cm³/mol. The molecule has 0 aliphatic rings. The zero-order valence-electron chi connectivity index (χ0n) is 14.6. The number of fused-ring (bicyclic) bond motifs is 1. The van der Waals surface area contributed by atoms with Crippen molar-refractivity contribution in [3.8, 4) is 5.75 Å². The Kier molecular flexibility index (Phi) is 4.71. The molecule has 1 atom stereocenters. The van der Waals surface area contributed by atoms with Gasteiger partial charge in [0.05, 0.1) is 18.2 Å². The predicted octanol–water partition coefficient (Wildman–Crippen LogP) is 5.14. The van der Waals surface area contributed by atoms with Crippen molar-refractivity contribution in [2.45, 2.75) is 26.1 Å². The Labute approximate surface area is 149 Å². The minimum absolute atomic E-state index is 0.374. The number of hydrogen-bond donors (Lipinski definition) is 1. The Bertz CT molecular complexity index is 941. The van der Waals surface area contributed by atoms with Gasteiger partial charge in [0, 0.05) is 11.4 Å². The molecule has 2 aromatic carbocycles. The number of ether oxygens (including phenoxy) is 1. The van der Waals surface area contributed by atoms with Crippen LogP contribution in [0.15, 0.2) is 42.5 Å². The molecule has 0 radical (unpaired) electrons. The molecule has 1 aromatic heterocycles. The van der Waals surface area contributed by atoms with E-state index in [0.29, 0.717) is 23.0 Å². The second-order valence-electron chi connectivity index (χ2n) is 5.99. The van der Waals surface area contributed by atoms with Crippen LogP contribution in [0.3, 0.4) is 0 Å². The van der Waals surface area contributed by atoms with Crippen LogP contribution in [0.1, 0.15) is 29.9 Å². The molecule has 1 N–H and O–H groups in total. The van der Waals surface area contributed by atoms with Crippen molar-refractivity contribution in [1.82, 2.24) is 9.97 Å². The molecule has 0 fully saturated rings. The summed E-state index contributed by atoms with van der Waals surface area (Å²) in [6.45, 7) is 3.56. The highest BCUT2D eigenvalue weighted by Crippen LogP contribution is 2.32. The number of nitrogens with one attached hydrogen (secondary N) is 1. The summed E-state index contributed by atoms with van der Waals surface area (Å²) in [5.74, 6) is 1.78. The van der Waals surface area contributed by atoms with Crippen LogP contribution in [0.25, 0.3) is 10.9 Å². The number of anilines is 1. The maximum Gasteiger partial charge on any atom is 0.416 e. The van der Waals surface area contributed by atoms with Gasteiger partial charge in [0.1, 0.15) is 17.4 Å². The lowest BCUT2D eigenvalue weighted by atomic mass is 10.0. The van der Waals surface area contributed by atoms with Crippen LogP contribution in [-0.2, 0) is 6.18 Å². The van der Waals surface area contributed by atoms with Crippen molar-refractivity contribution in [1.29, 1.82) is 0 Å². The molecule has 1 heterocycles. The van der Waals surface area contributed by atoms with Gasteiger partial charge in [0.15, 0.2) is 0 Å². The molecule has 0 unspecified atom stereocenters. The average molecular weight is 361 g/mol. The van der Waals surface area contributed by atoms with Crippen LogP contribution in [0.2, 0.25) is 0 Å². The molecular formula is C19H18F3N3O. The first kappa shape index (κ1) is 18.0. The van der Waals surface area contributed by atoms with Crippen molar-refractivity contribution in [3.63, 3.8) is 0 Å². The zero-order chi connectivity index (χ0) is 18.9. The molecule has 0 bridgehead atoms. The molecule has 136 valence electrons. The average Bonchev–Trinajstić information content (AvgIpc) is 2.60. The molecule has 3 aromatic rings. The van der Waals surface area contributed by atoms with E-state index in [1.54, 1.807) is 39.2 Å². The topological polar surface area (TPSA) is 47.0 Å². The van der Waals surface area contributed by atoms with Gasteiger partial charge in [-0.15, -0.1) is 0 Å². The molecular weight excluding hydrogens is 343 g/mol. The van der Waals surface area contributed by atoms with Gasteiger partial charge in [-0.3, -0.25) is 0 Å². The lowest BCUT2D eigenvalue weighted by Crippen LogP contribution is -2.11. The van der Waals surface area contributed by atoms with E-state index < -0.39 is 11.7 Å². The van der Waals surface area contributed by atoms with Gasteiger partial charge in [-0.05, 0) is 49.7 Å². The third-order valence-electron chi connectivity index (χ3n) is 4.08. The van der Waals surface area contributed by atoms with E-state index >= 15 is 0 Å². The quantitative estimate of drug-likeness (QED) is 0.699. The summed E-state index contributed by atoms with van der Waals surface area (Å²) in [6, 6.07) is 10.3. The van der Waals surface area contributed by atoms with Gasteiger partial charge >= 0.3 is 6.18 Å². The third-order valence-corrected chi connectivity index (χ3v) is 4.08. The Balaban J connectivity index is 1.98. The number of hydrogen-bond acceptors (Lipinski definition) is 4. The molecule has 3 rings (SSSR count). The maximum absolute atomic E-state index is 12.9. The molecule has 0 saturated heterocycles. The Hall–Kier alpha value is -2.83. The molecule has 0 saturated carbocycles. The molecule has 0 amide bonds. The Morgan fingerprint density at radius 1 is 1.08 bits per heavy atom. The second kappa shape index (κ2) is 6.82. The van der Waals surface area contributed by atoms with Crippen molar-refractivity contribution < 1.29 is 17.9 Å². The van der Waals surface area contributed by atoms with Gasteiger partial charge < -0.3 is 10.1 Å². The van der Waals surface area contributed by atoms with E-state index in [0.717, 1.165) is 23.0 Å². The minimum Gasteiger partial charge on any atom is -0.497 e. The molecule has 0 spiro atoms. The lowest BCUT2D eigenvalue weighted by Gasteiger charge is -2.18. The van der Waals surface area contributed by atoms with Gasteiger partial charge in [-0.2, -0.15) is 13.2 Å². The van der Waals surface area contributed by atoms with Crippen LogP contribution in [0, 0.1) is 6.92 Å². The number of halogens is 3. The highest BCUT2D eigenvalue weighted by molar-refractivity contribution is 5.90. The van der Waals surface area contributed by atoms with Gasteiger partial charge in [-0.25, -0.2) is 9.97 Å². The normalized spacial score (nSPS) is 12.8. The van der Waals surface area contributed by atoms with Gasteiger partial charge in [0.25, 0.3) is 0 Å². The fraction of sp³-hybridized carbons (Fsp3) is 0.263. The summed E-state index contributed by atoms with van der Waals surface area (Å²) in [7, 11) is 1.56. The number of benzene rings is 2. The summed E-state index contributed by atoms with van der Waals surface area (Å²) in [5.41, 5.74) is 0.582. The zero-order valence-corrected chi connectivity index (χ0v) is 14.6. The SMILES string of the molecule is COc1ccc2nc(C)nc(N[C@H](C)c3cccc(C(F)(F)F)c3)c2c1. The number of nitrogens with zero attached hydrogens (tertiary/aromatic N) is 2. The van der Waals surface area contributed by atoms with E-state index in [1.807, 2.05) is 6.07 Å². The fourth-order valence-electron chi connectivity index (χ4n) is 2.73. The molecule has 0 aliphatic carbocycles. The van der Waals surface area contributed by atoms with E-state index in [4.69, 9.17) is 4.74 Å². The number of rotatable bonds is 4. The van der Waals surface area contributed by atoms with Gasteiger partial charge in [-0.1, -0.05) is 12.1 Å². The first-order valence-corrected chi connectivity index (χ1v) is 8.04. The number of alkyl halides is 3. The second-order valence-corrected chi connectivity index (χ2v) is 5.99. The largest absolute Gasteiger partial charge is 0.497 e. The fourth-order valence-corrected chi connectivity index (χ4v) is 2.73. The summed E-state index contributed by atoms with van der Waals surface area (Å²) in [5, 5.41) is 3.94. The van der Waals surface area contributed by atoms with Crippen LogP contribution < -0.4 is 10.1 Å². The van der Waals surface area contributed by atoms with Crippen LogP contribution in [-0.4, -0.2) is 17.1 Å². The highest BCUT2D eigenvalue weighted by Gasteiger charge is 2.30. The van der Waals surface area contributed by atoms with Crippen LogP contribution in [0.5, 0.6) is 5.75 Å². The van der Waals surface area contributed by atoms with Crippen LogP contribution in [0.4, 0.5) is 19.0 Å². The number of aromatic nitrogens is 2. The van der Waals surface area contributed by atoms with E-state index in [-0.39, 0.29) is 6.04 Å². The summed E-state index contributed by atoms with van der Waals surface area (Å²) in [4.78, 5) is 8.80. The van der Waals surface area contributed by atoms with E-state index in [2.05, 4.69) is 15.3 Å². The Morgan fingerprint density at radius 3 is 2.54 bits per heavy atom. The lowest BCUT2D eigenvalue weighted by molar-refractivity contribution is -0.137. The summed E-state index contributed by atoms with van der Waals surface area (Å²) >= 11 is 0. The molecule has 7 heteroatoms. The van der Waals surface area contributed by atoms with E-state index in [9.17, 15) is 13.2 Å². The van der Waals surface area contributed by atoms with Crippen molar-refractivity contribution in [3.05, 3.63) is 59.4 Å². The van der Waals surface area contributed by atoms with Crippen molar-refractivity contribution in [2.75, 3.05) is 12.4 Å². The molecule has 0 aliphatic heterocycles. The van der Waals surface area contributed by atoms with Crippen molar-refractivity contribution in [2.24, 2.45) is 0 Å². The third kappa shape index (κ3) is 3.71. The monoisotopic (exact) mass is 361 g/mol. The number of aryl methyl sites for hydroxylation is 1. The minimum atomic E-state index is -4.37. The van der Waals surface area contributed by atoms with Crippen LogP contribution >= 0.6 is 0 Å². The highest BCUT2D eigenvalue weighted by atomic mass is 19.4. The number of methoxy groups -OCH3 is 1. The van der Waals surface area contributed by atoms with Gasteiger partial charge in [0.2, 0.25) is 0 Å². The first-order chi connectivity index (χ1) is 12.3. The smallest absolute Gasteiger partial charge is 0.416 e. The summed E-state index contributed by atoms with van der Waals surface area (Å²) in [6.07, 6.45) is -4.37. The standard InChI is InChI=1S/C19H18F3N3O/c1-11(13-5-4-6-14(9-13)19(20,21)22)23-18-16-10-15(26-3)7-8-17(16)24-12(2)25-18/h4-11H,1-3H3,(H,23,24,25)/t11-/m1/s1. The molecule has 4 nitrogen and oxygen atoms in total. The van der Waals surface area contributed by atoms with E-state index in [1.165, 1.54) is 6.07 Å². The molecule has 26 heavy (non-hydrogen) atoms. The maximum atomic E-state index is 12.9.